The average molecular weight is 469 g/mol. The lowest BCUT2D eigenvalue weighted by Gasteiger charge is -2.36. The highest BCUT2D eigenvalue weighted by molar-refractivity contribution is 5.89. The first kappa shape index (κ1) is 23.4. The lowest BCUT2D eigenvalue weighted by Crippen LogP contribution is -2.54. The van der Waals surface area contributed by atoms with E-state index in [1.165, 1.54) is 6.07 Å². The number of hydrogen-bond acceptors (Lipinski definition) is 6. The molecule has 1 aromatic carbocycles. The second kappa shape index (κ2) is 10.0. The fraction of sp³-hybridized carbons (Fsp3) is 0.478. The molecule has 1 aromatic heterocycles. The number of fused-ring (bicyclic) bond motifs is 1. The van der Waals surface area contributed by atoms with Crippen LogP contribution in [0.4, 0.5) is 5.69 Å². The number of carbonyl (C=O) groups excluding carboxylic acids is 2. The Labute approximate surface area is 195 Å². The van der Waals surface area contributed by atoms with Gasteiger partial charge in [-0.15, -0.1) is 0 Å². The third-order valence-electron chi connectivity index (χ3n) is 6.57. The number of amides is 2. The van der Waals surface area contributed by atoms with Crippen LogP contribution in [0, 0.1) is 16.0 Å². The molecule has 2 N–H and O–H groups in total. The lowest BCUT2D eigenvalue weighted by atomic mass is 9.97. The molecule has 1 unspecified atom stereocenters. The zero-order valence-corrected chi connectivity index (χ0v) is 18.7. The van der Waals surface area contributed by atoms with E-state index >= 15 is 0 Å². The van der Waals surface area contributed by atoms with Gasteiger partial charge in [-0.25, -0.2) is 4.98 Å². The van der Waals surface area contributed by atoms with E-state index in [4.69, 9.17) is 5.11 Å². The van der Waals surface area contributed by atoms with Crippen molar-refractivity contribution < 1.29 is 24.4 Å². The number of nitro benzene ring substituents is 1. The van der Waals surface area contributed by atoms with Gasteiger partial charge in [0.1, 0.15) is 6.04 Å². The van der Waals surface area contributed by atoms with E-state index in [9.17, 15) is 24.5 Å². The van der Waals surface area contributed by atoms with Crippen LogP contribution in [0.3, 0.4) is 0 Å². The van der Waals surface area contributed by atoms with Crippen LogP contribution in [0.1, 0.15) is 49.1 Å². The molecule has 2 amide bonds. The smallest absolute Gasteiger partial charge is 0.305 e. The van der Waals surface area contributed by atoms with Crippen molar-refractivity contribution in [2.75, 3.05) is 6.54 Å². The minimum Gasteiger partial charge on any atom is -0.481 e. The Morgan fingerprint density at radius 3 is 2.65 bits per heavy atom. The molecule has 1 aliphatic heterocycles. The number of nitrogens with zero attached hydrogens (tertiary/aromatic N) is 4. The largest absolute Gasteiger partial charge is 0.481 e. The van der Waals surface area contributed by atoms with Gasteiger partial charge in [0.2, 0.25) is 11.8 Å². The minimum absolute atomic E-state index is 0.00957. The van der Waals surface area contributed by atoms with E-state index in [0.29, 0.717) is 11.3 Å². The van der Waals surface area contributed by atoms with E-state index < -0.39 is 22.8 Å². The maximum atomic E-state index is 13.4. The summed E-state index contributed by atoms with van der Waals surface area (Å²) in [6, 6.07) is 5.71. The molecule has 11 nitrogen and oxygen atoms in total. The van der Waals surface area contributed by atoms with E-state index in [1.807, 2.05) is 0 Å². The van der Waals surface area contributed by atoms with Crippen LogP contribution in [0.5, 0.6) is 0 Å². The third-order valence-corrected chi connectivity index (χ3v) is 6.57. The molecule has 0 saturated heterocycles. The van der Waals surface area contributed by atoms with Crippen LogP contribution < -0.4 is 5.32 Å². The van der Waals surface area contributed by atoms with E-state index in [0.717, 1.165) is 31.4 Å². The third kappa shape index (κ3) is 4.92. The molecule has 34 heavy (non-hydrogen) atoms. The van der Waals surface area contributed by atoms with Gasteiger partial charge in [0.15, 0.2) is 0 Å². The van der Waals surface area contributed by atoms with Crippen molar-refractivity contribution in [2.24, 2.45) is 5.92 Å². The number of carboxylic acids is 1. The monoisotopic (exact) mass is 469 g/mol. The van der Waals surface area contributed by atoms with Crippen molar-refractivity contribution in [3.63, 3.8) is 0 Å². The van der Waals surface area contributed by atoms with Gasteiger partial charge in [-0.3, -0.25) is 24.5 Å². The molecule has 2 aromatic rings. The summed E-state index contributed by atoms with van der Waals surface area (Å²) < 4.78 is 1.80. The maximum absolute atomic E-state index is 13.4. The highest BCUT2D eigenvalue weighted by Crippen LogP contribution is 2.31. The van der Waals surface area contributed by atoms with Crippen LogP contribution in [-0.4, -0.2) is 54.9 Å². The number of rotatable bonds is 8. The van der Waals surface area contributed by atoms with Gasteiger partial charge in [0.25, 0.3) is 5.69 Å². The van der Waals surface area contributed by atoms with E-state index in [2.05, 4.69) is 10.3 Å². The minimum atomic E-state index is -1.01. The zero-order valence-electron chi connectivity index (χ0n) is 18.7. The molecule has 0 bridgehead atoms. The van der Waals surface area contributed by atoms with E-state index in [-0.39, 0.29) is 50.0 Å². The number of nitro groups is 1. The molecule has 1 aliphatic carbocycles. The first-order valence-corrected chi connectivity index (χ1v) is 11.4. The number of nitrogens with one attached hydrogen (secondary N) is 1. The van der Waals surface area contributed by atoms with Crippen LogP contribution >= 0.6 is 0 Å². The Morgan fingerprint density at radius 2 is 1.94 bits per heavy atom. The molecule has 1 atom stereocenters. The Hall–Kier alpha value is -3.76. The fourth-order valence-corrected chi connectivity index (χ4v) is 4.79. The number of para-hydroxylation sites is 1. The molecule has 0 spiro atoms. The summed E-state index contributed by atoms with van der Waals surface area (Å²) >= 11 is 0. The highest BCUT2D eigenvalue weighted by Gasteiger charge is 2.39. The molecule has 0 radical (unpaired) electrons. The summed E-state index contributed by atoms with van der Waals surface area (Å²) in [6.07, 6.45) is 5.10. The fourth-order valence-electron chi connectivity index (χ4n) is 4.79. The predicted octanol–water partition coefficient (Wildman–Crippen LogP) is 1.87. The quantitative estimate of drug-likeness (QED) is 0.443. The van der Waals surface area contributed by atoms with Crippen molar-refractivity contribution >= 4 is 23.5 Å². The van der Waals surface area contributed by atoms with Crippen molar-refractivity contribution in [2.45, 2.75) is 57.7 Å². The zero-order chi connectivity index (χ0) is 24.2. The van der Waals surface area contributed by atoms with Crippen LogP contribution in [-0.2, 0) is 33.9 Å². The molecule has 1 fully saturated rings. The van der Waals surface area contributed by atoms with Gasteiger partial charge in [0.05, 0.1) is 42.1 Å². The molecule has 11 heteroatoms. The molecule has 2 aliphatic rings. The second-order valence-electron chi connectivity index (χ2n) is 8.75. The topological polar surface area (TPSA) is 148 Å². The van der Waals surface area contributed by atoms with Crippen molar-refractivity contribution in [3.05, 3.63) is 57.7 Å². The van der Waals surface area contributed by atoms with Crippen LogP contribution in [0.25, 0.3) is 0 Å². The average Bonchev–Trinajstić information content (AvgIpc) is 3.48. The van der Waals surface area contributed by atoms with Crippen LogP contribution in [0.2, 0.25) is 0 Å². The standard InChI is InChI=1S/C23H27N5O6/c29-21(30)9-10-24-22(31)19-11-17-20(13-27(19)23(32)15-5-1-2-6-15)26(14-25-17)12-16-7-3-4-8-18(16)28(33)34/h3-4,7-8,14-15,19H,1-2,5-6,9-13H2,(H,24,31)(H,29,30). The number of aromatic nitrogens is 2. The Morgan fingerprint density at radius 1 is 1.21 bits per heavy atom. The number of hydrogen-bond donors (Lipinski definition) is 2. The SMILES string of the molecule is O=C(O)CCNC(=O)C1Cc2ncn(Cc3ccccc3[N+](=O)[O-])c2CN1C(=O)C1CCCC1. The van der Waals surface area contributed by atoms with Crippen molar-refractivity contribution in [1.82, 2.24) is 19.8 Å². The normalized spacial score (nSPS) is 17.9. The van der Waals surface area contributed by atoms with E-state index in [1.54, 1.807) is 34.0 Å². The first-order chi connectivity index (χ1) is 16.3. The molecule has 2 heterocycles. The molecule has 1 saturated carbocycles. The van der Waals surface area contributed by atoms with Gasteiger partial charge in [-0.05, 0) is 12.8 Å². The number of carbonyl (C=O) groups is 3. The summed E-state index contributed by atoms with van der Waals surface area (Å²) in [6.45, 7) is 0.373. The Kier molecular flexibility index (Phi) is 6.90. The predicted molar refractivity (Wildman–Crippen MR) is 120 cm³/mol. The maximum Gasteiger partial charge on any atom is 0.305 e. The lowest BCUT2D eigenvalue weighted by molar-refractivity contribution is -0.385. The van der Waals surface area contributed by atoms with Crippen LogP contribution in [0.15, 0.2) is 30.6 Å². The van der Waals surface area contributed by atoms with Crippen molar-refractivity contribution in [3.8, 4) is 0 Å². The van der Waals surface area contributed by atoms with Gasteiger partial charge >= 0.3 is 5.97 Å². The van der Waals surface area contributed by atoms with Gasteiger partial charge in [-0.1, -0.05) is 31.0 Å². The molecule has 180 valence electrons. The summed E-state index contributed by atoms with van der Waals surface area (Å²) in [7, 11) is 0. The number of benzene rings is 1. The number of aliphatic carboxylic acids is 1. The van der Waals surface area contributed by atoms with Gasteiger partial charge < -0.3 is 19.9 Å². The summed E-state index contributed by atoms with van der Waals surface area (Å²) in [5.74, 6) is -1.63. The molecular weight excluding hydrogens is 442 g/mol. The first-order valence-electron chi connectivity index (χ1n) is 11.4. The number of imidazole rings is 1. The second-order valence-corrected chi connectivity index (χ2v) is 8.75. The van der Waals surface area contributed by atoms with Crippen molar-refractivity contribution in [1.29, 1.82) is 0 Å². The molecular formula is C23H27N5O6. The molecule has 4 rings (SSSR count). The summed E-state index contributed by atoms with van der Waals surface area (Å²) in [5, 5.41) is 22.9. The summed E-state index contributed by atoms with van der Waals surface area (Å²) in [5.41, 5.74) is 1.94. The Balaban J connectivity index is 1.60. The Bertz CT molecular complexity index is 1110. The highest BCUT2D eigenvalue weighted by atomic mass is 16.6. The summed E-state index contributed by atoms with van der Waals surface area (Å²) in [4.78, 5) is 54.1. The number of carboxylic acid groups (broad SMARTS) is 1. The van der Waals surface area contributed by atoms with Gasteiger partial charge in [-0.2, -0.15) is 0 Å². The van der Waals surface area contributed by atoms with Gasteiger partial charge in [0, 0.05) is 30.5 Å².